The average Bonchev–Trinajstić information content (AvgIpc) is 2.42. The second kappa shape index (κ2) is 6.68. The first-order valence-corrected chi connectivity index (χ1v) is 7.26. The molecule has 0 aliphatic rings. The Balaban J connectivity index is 2.10. The van der Waals surface area contributed by atoms with Crippen LogP contribution in [-0.4, -0.2) is 5.91 Å². The standard InChI is InChI=1S/C17H15BrFNO/c1-11-9-14(18)10-12(2)17(11)20-16(21)8-5-13-3-6-15(19)7-4-13/h3-10H,1-2H3,(H,20,21). The third-order valence-electron chi connectivity index (χ3n) is 3.04. The Labute approximate surface area is 131 Å². The Bertz CT molecular complexity index is 669. The van der Waals surface area contributed by atoms with Crippen molar-refractivity contribution in [2.24, 2.45) is 0 Å². The molecule has 1 N–H and O–H groups in total. The highest BCUT2D eigenvalue weighted by atomic mass is 79.9. The lowest BCUT2D eigenvalue weighted by Gasteiger charge is -2.10. The van der Waals surface area contributed by atoms with Gasteiger partial charge in [-0.25, -0.2) is 4.39 Å². The normalized spacial score (nSPS) is 10.9. The number of rotatable bonds is 3. The van der Waals surface area contributed by atoms with Gasteiger partial charge in [0.25, 0.3) is 0 Å². The van der Waals surface area contributed by atoms with Crippen LogP contribution in [0.3, 0.4) is 0 Å². The maximum absolute atomic E-state index is 12.8. The summed E-state index contributed by atoms with van der Waals surface area (Å²) in [7, 11) is 0. The smallest absolute Gasteiger partial charge is 0.248 e. The molecule has 2 aromatic carbocycles. The fourth-order valence-electron chi connectivity index (χ4n) is 2.02. The summed E-state index contributed by atoms with van der Waals surface area (Å²) in [6, 6.07) is 9.87. The Kier molecular flexibility index (Phi) is 4.91. The predicted molar refractivity (Wildman–Crippen MR) is 87.7 cm³/mol. The largest absolute Gasteiger partial charge is 0.322 e. The maximum atomic E-state index is 12.8. The predicted octanol–water partition coefficient (Wildman–Crippen LogP) is 4.86. The van der Waals surface area contributed by atoms with Gasteiger partial charge in [0.05, 0.1) is 0 Å². The van der Waals surface area contributed by atoms with Gasteiger partial charge in [-0.2, -0.15) is 0 Å². The van der Waals surface area contributed by atoms with E-state index in [-0.39, 0.29) is 11.7 Å². The van der Waals surface area contributed by atoms with Crippen LogP contribution in [0.1, 0.15) is 16.7 Å². The molecule has 2 nitrogen and oxygen atoms in total. The lowest BCUT2D eigenvalue weighted by atomic mass is 10.1. The van der Waals surface area contributed by atoms with Crippen molar-refractivity contribution in [2.45, 2.75) is 13.8 Å². The number of halogens is 2. The number of hydrogen-bond acceptors (Lipinski definition) is 1. The summed E-state index contributed by atoms with van der Waals surface area (Å²) < 4.78 is 13.8. The molecule has 21 heavy (non-hydrogen) atoms. The monoisotopic (exact) mass is 347 g/mol. The van der Waals surface area contributed by atoms with Crippen LogP contribution < -0.4 is 5.32 Å². The lowest BCUT2D eigenvalue weighted by molar-refractivity contribution is -0.111. The van der Waals surface area contributed by atoms with Crippen LogP contribution in [0.2, 0.25) is 0 Å². The van der Waals surface area contributed by atoms with E-state index in [0.717, 1.165) is 26.9 Å². The first-order chi connectivity index (χ1) is 9.95. The first kappa shape index (κ1) is 15.4. The first-order valence-electron chi connectivity index (χ1n) is 6.47. The zero-order valence-corrected chi connectivity index (χ0v) is 13.4. The topological polar surface area (TPSA) is 29.1 Å². The van der Waals surface area contributed by atoms with Crippen LogP contribution >= 0.6 is 15.9 Å². The van der Waals surface area contributed by atoms with Gasteiger partial charge < -0.3 is 5.32 Å². The van der Waals surface area contributed by atoms with Crippen molar-refractivity contribution in [3.63, 3.8) is 0 Å². The van der Waals surface area contributed by atoms with E-state index < -0.39 is 0 Å². The number of nitrogens with one attached hydrogen (secondary N) is 1. The molecule has 0 spiro atoms. The molecule has 0 saturated carbocycles. The van der Waals surface area contributed by atoms with Gasteiger partial charge in [0.2, 0.25) is 5.91 Å². The van der Waals surface area contributed by atoms with Crippen molar-refractivity contribution < 1.29 is 9.18 Å². The molecule has 0 unspecified atom stereocenters. The van der Waals surface area contributed by atoms with E-state index in [9.17, 15) is 9.18 Å². The number of aryl methyl sites for hydroxylation is 2. The quantitative estimate of drug-likeness (QED) is 0.789. The third kappa shape index (κ3) is 4.26. The number of hydrogen-bond donors (Lipinski definition) is 1. The maximum Gasteiger partial charge on any atom is 0.248 e. The molecule has 0 aliphatic carbocycles. The van der Waals surface area contributed by atoms with Crippen molar-refractivity contribution in [3.05, 3.63) is 69.5 Å². The minimum Gasteiger partial charge on any atom is -0.322 e. The van der Waals surface area contributed by atoms with Crippen molar-refractivity contribution in [3.8, 4) is 0 Å². The van der Waals surface area contributed by atoms with E-state index >= 15 is 0 Å². The van der Waals surface area contributed by atoms with Crippen molar-refractivity contribution >= 4 is 33.6 Å². The molecule has 1 amide bonds. The number of carbonyl (C=O) groups excluding carboxylic acids is 1. The van der Waals surface area contributed by atoms with Crippen LogP contribution in [0.5, 0.6) is 0 Å². The summed E-state index contributed by atoms with van der Waals surface area (Å²) in [6.45, 7) is 3.88. The van der Waals surface area contributed by atoms with Crippen molar-refractivity contribution in [1.82, 2.24) is 0 Å². The zero-order valence-electron chi connectivity index (χ0n) is 11.8. The van der Waals surface area contributed by atoms with E-state index in [1.54, 1.807) is 18.2 Å². The van der Waals surface area contributed by atoms with Gasteiger partial charge in [0, 0.05) is 16.2 Å². The van der Waals surface area contributed by atoms with Crippen LogP contribution in [0, 0.1) is 19.7 Å². The van der Waals surface area contributed by atoms with E-state index in [2.05, 4.69) is 21.2 Å². The van der Waals surface area contributed by atoms with E-state index in [1.807, 2.05) is 26.0 Å². The molecule has 108 valence electrons. The molecular weight excluding hydrogens is 333 g/mol. The number of amides is 1. The molecule has 0 bridgehead atoms. The highest BCUT2D eigenvalue weighted by Gasteiger charge is 2.06. The van der Waals surface area contributed by atoms with Gasteiger partial charge in [-0.1, -0.05) is 28.1 Å². The SMILES string of the molecule is Cc1cc(Br)cc(C)c1NC(=O)C=Cc1ccc(F)cc1. The molecule has 0 atom stereocenters. The van der Waals surface area contributed by atoms with Crippen LogP contribution in [0.15, 0.2) is 46.9 Å². The Hall–Kier alpha value is -1.94. The van der Waals surface area contributed by atoms with E-state index in [0.29, 0.717) is 0 Å². The van der Waals surface area contributed by atoms with Crippen LogP contribution in [0.4, 0.5) is 10.1 Å². The van der Waals surface area contributed by atoms with Gasteiger partial charge in [-0.15, -0.1) is 0 Å². The third-order valence-corrected chi connectivity index (χ3v) is 3.50. The summed E-state index contributed by atoms with van der Waals surface area (Å²) >= 11 is 3.42. The number of carbonyl (C=O) groups is 1. The van der Waals surface area contributed by atoms with Gasteiger partial charge in [0.1, 0.15) is 5.82 Å². The Morgan fingerprint density at radius 3 is 2.29 bits per heavy atom. The highest BCUT2D eigenvalue weighted by molar-refractivity contribution is 9.10. The molecule has 0 fully saturated rings. The summed E-state index contributed by atoms with van der Waals surface area (Å²) in [5.41, 5.74) is 3.57. The number of benzene rings is 2. The Morgan fingerprint density at radius 1 is 1.14 bits per heavy atom. The Morgan fingerprint density at radius 2 is 1.71 bits per heavy atom. The van der Waals surface area contributed by atoms with Gasteiger partial charge >= 0.3 is 0 Å². The second-order valence-corrected chi connectivity index (χ2v) is 5.70. The molecule has 0 heterocycles. The summed E-state index contributed by atoms with van der Waals surface area (Å²) in [4.78, 5) is 12.0. The van der Waals surface area contributed by atoms with Crippen LogP contribution in [-0.2, 0) is 4.79 Å². The fraction of sp³-hybridized carbons (Fsp3) is 0.118. The molecular formula is C17H15BrFNO. The van der Waals surface area contributed by atoms with E-state index in [4.69, 9.17) is 0 Å². The van der Waals surface area contributed by atoms with Gasteiger partial charge in [-0.05, 0) is 60.9 Å². The van der Waals surface area contributed by atoms with Crippen LogP contribution in [0.25, 0.3) is 6.08 Å². The van der Waals surface area contributed by atoms with E-state index in [1.165, 1.54) is 18.2 Å². The van der Waals surface area contributed by atoms with Gasteiger partial charge in [0.15, 0.2) is 0 Å². The zero-order chi connectivity index (χ0) is 15.4. The fourth-order valence-corrected chi connectivity index (χ4v) is 2.71. The molecule has 4 heteroatoms. The summed E-state index contributed by atoms with van der Waals surface area (Å²) in [5, 5.41) is 2.87. The molecule has 0 saturated heterocycles. The molecule has 2 aromatic rings. The van der Waals surface area contributed by atoms with Gasteiger partial charge in [-0.3, -0.25) is 4.79 Å². The molecule has 0 aliphatic heterocycles. The number of anilines is 1. The minimum atomic E-state index is -0.294. The summed E-state index contributed by atoms with van der Waals surface area (Å²) in [5.74, 6) is -0.509. The highest BCUT2D eigenvalue weighted by Crippen LogP contribution is 2.25. The van der Waals surface area contributed by atoms with Crippen molar-refractivity contribution in [1.29, 1.82) is 0 Å². The molecule has 2 rings (SSSR count). The average molecular weight is 348 g/mol. The lowest BCUT2D eigenvalue weighted by Crippen LogP contribution is -2.10. The molecule has 0 aromatic heterocycles. The minimum absolute atomic E-state index is 0.215. The second-order valence-electron chi connectivity index (χ2n) is 4.79. The molecule has 0 radical (unpaired) electrons. The van der Waals surface area contributed by atoms with Crippen molar-refractivity contribution in [2.75, 3.05) is 5.32 Å². The summed E-state index contributed by atoms with van der Waals surface area (Å²) in [6.07, 6.45) is 3.09.